The molecule has 1 aliphatic heterocycles. The van der Waals surface area contributed by atoms with Crippen molar-refractivity contribution in [3.8, 4) is 0 Å². The number of hydrogen-bond donors (Lipinski definition) is 1. The molecule has 166 valence electrons. The number of aliphatic hydroxyl groups is 1. The van der Waals surface area contributed by atoms with Crippen LogP contribution < -0.4 is 0 Å². The van der Waals surface area contributed by atoms with Gasteiger partial charge in [-0.1, -0.05) is 66.7 Å². The van der Waals surface area contributed by atoms with E-state index in [1.165, 1.54) is 12.8 Å². The van der Waals surface area contributed by atoms with Crippen LogP contribution in [-0.4, -0.2) is 47.2 Å². The van der Waals surface area contributed by atoms with Crippen LogP contribution >= 0.6 is 0 Å². The molecule has 0 bridgehead atoms. The monoisotopic (exact) mass is 430 g/mol. The molecular formula is C27H30N2O3. The summed E-state index contributed by atoms with van der Waals surface area (Å²) in [5.41, 5.74) is 0.152. The highest BCUT2D eigenvalue weighted by molar-refractivity contribution is 5.85. The van der Waals surface area contributed by atoms with E-state index in [0.717, 1.165) is 25.3 Å². The van der Waals surface area contributed by atoms with Gasteiger partial charge in [-0.05, 0) is 55.6 Å². The van der Waals surface area contributed by atoms with Gasteiger partial charge in [-0.3, -0.25) is 4.98 Å². The molecule has 0 unspecified atom stereocenters. The van der Waals surface area contributed by atoms with Gasteiger partial charge >= 0.3 is 5.97 Å². The number of hydrogen-bond acceptors (Lipinski definition) is 5. The number of nitrogens with zero attached hydrogens (tertiary/aromatic N) is 2. The molecule has 4 rings (SSSR count). The second-order valence-corrected chi connectivity index (χ2v) is 8.33. The maximum Gasteiger partial charge on any atom is 0.347 e. The van der Waals surface area contributed by atoms with Gasteiger partial charge in [0.1, 0.15) is 0 Å². The Balaban J connectivity index is 1.48. The van der Waals surface area contributed by atoms with Gasteiger partial charge in [-0.2, -0.15) is 0 Å². The van der Waals surface area contributed by atoms with Gasteiger partial charge in [0, 0.05) is 24.4 Å². The van der Waals surface area contributed by atoms with Crippen molar-refractivity contribution in [3.63, 3.8) is 0 Å². The molecule has 0 amide bonds. The van der Waals surface area contributed by atoms with E-state index in [1.807, 2.05) is 60.8 Å². The molecule has 3 aromatic rings. The minimum Gasteiger partial charge on any atom is -0.463 e. The summed E-state index contributed by atoms with van der Waals surface area (Å²) in [6, 6.07) is 23.9. The van der Waals surface area contributed by atoms with Crippen molar-refractivity contribution in [2.24, 2.45) is 0 Å². The van der Waals surface area contributed by atoms with Crippen LogP contribution in [0.25, 0.3) is 0 Å². The fourth-order valence-corrected chi connectivity index (χ4v) is 4.39. The molecule has 1 aromatic heterocycles. The van der Waals surface area contributed by atoms with Crippen LogP contribution in [0.1, 0.15) is 42.0 Å². The number of carbonyl (C=O) groups is 1. The van der Waals surface area contributed by atoms with E-state index in [4.69, 9.17) is 4.74 Å². The van der Waals surface area contributed by atoms with Crippen molar-refractivity contribution in [3.05, 3.63) is 102 Å². The van der Waals surface area contributed by atoms with E-state index in [2.05, 4.69) is 9.88 Å². The predicted octanol–water partition coefficient (Wildman–Crippen LogP) is 4.13. The number of esters is 1. The molecule has 32 heavy (non-hydrogen) atoms. The van der Waals surface area contributed by atoms with Crippen molar-refractivity contribution in [2.75, 3.05) is 26.2 Å². The van der Waals surface area contributed by atoms with Crippen LogP contribution in [0.5, 0.6) is 0 Å². The summed E-state index contributed by atoms with van der Waals surface area (Å²) in [4.78, 5) is 20.2. The Morgan fingerprint density at radius 2 is 1.53 bits per heavy atom. The second-order valence-electron chi connectivity index (χ2n) is 8.33. The van der Waals surface area contributed by atoms with Gasteiger partial charge in [-0.15, -0.1) is 0 Å². The third-order valence-corrected chi connectivity index (χ3v) is 6.16. The van der Waals surface area contributed by atoms with E-state index < -0.39 is 11.6 Å². The Morgan fingerprint density at radius 3 is 2.09 bits per heavy atom. The maximum absolute atomic E-state index is 13.2. The van der Waals surface area contributed by atoms with E-state index in [9.17, 15) is 9.90 Å². The first kappa shape index (κ1) is 22.2. The van der Waals surface area contributed by atoms with E-state index >= 15 is 0 Å². The predicted molar refractivity (Wildman–Crippen MR) is 124 cm³/mol. The summed E-state index contributed by atoms with van der Waals surface area (Å²) in [6.07, 6.45) is 4.91. The molecule has 1 saturated heterocycles. The van der Waals surface area contributed by atoms with Crippen LogP contribution in [0.3, 0.4) is 0 Å². The fourth-order valence-electron chi connectivity index (χ4n) is 4.39. The Bertz CT molecular complexity index is 934. The minimum atomic E-state index is -1.85. The minimum absolute atomic E-state index is 0.170. The molecule has 2 aromatic carbocycles. The Hall–Kier alpha value is -3.02. The lowest BCUT2D eigenvalue weighted by atomic mass is 9.86. The zero-order chi connectivity index (χ0) is 22.2. The Morgan fingerprint density at radius 1 is 0.938 bits per heavy atom. The molecule has 5 nitrogen and oxygen atoms in total. The van der Waals surface area contributed by atoms with Crippen LogP contribution in [0.15, 0.2) is 85.1 Å². The van der Waals surface area contributed by atoms with E-state index in [1.54, 1.807) is 24.3 Å². The molecule has 2 heterocycles. The SMILES string of the molecule is O=C(OCC[C@@H](CN1CCCC1)c1ccccn1)C(O)(c1ccccc1)c1ccccc1. The highest BCUT2D eigenvalue weighted by Gasteiger charge is 2.41. The largest absolute Gasteiger partial charge is 0.463 e. The smallest absolute Gasteiger partial charge is 0.347 e. The van der Waals surface area contributed by atoms with Gasteiger partial charge in [0.2, 0.25) is 5.60 Å². The van der Waals surface area contributed by atoms with Gasteiger partial charge < -0.3 is 14.7 Å². The van der Waals surface area contributed by atoms with Crippen LogP contribution in [0.2, 0.25) is 0 Å². The van der Waals surface area contributed by atoms with E-state index in [0.29, 0.717) is 17.5 Å². The second kappa shape index (κ2) is 10.5. The number of pyridine rings is 1. The topological polar surface area (TPSA) is 62.7 Å². The molecule has 1 atom stereocenters. The van der Waals surface area contributed by atoms with E-state index in [-0.39, 0.29) is 12.5 Å². The molecular weight excluding hydrogens is 400 g/mol. The summed E-state index contributed by atoms with van der Waals surface area (Å²) in [7, 11) is 0. The van der Waals surface area contributed by atoms with Gasteiger partial charge in [-0.25, -0.2) is 4.79 Å². The van der Waals surface area contributed by atoms with Gasteiger partial charge in [0.25, 0.3) is 0 Å². The highest BCUT2D eigenvalue weighted by Crippen LogP contribution is 2.31. The van der Waals surface area contributed by atoms with Crippen molar-refractivity contribution in [2.45, 2.75) is 30.8 Å². The first-order chi connectivity index (χ1) is 15.7. The summed E-state index contributed by atoms with van der Waals surface area (Å²) >= 11 is 0. The molecule has 1 N–H and O–H groups in total. The summed E-state index contributed by atoms with van der Waals surface area (Å²) in [6.45, 7) is 3.32. The first-order valence-corrected chi connectivity index (χ1v) is 11.3. The zero-order valence-corrected chi connectivity index (χ0v) is 18.3. The van der Waals surface area contributed by atoms with Gasteiger partial charge in [0.15, 0.2) is 0 Å². The number of rotatable bonds is 9. The number of likely N-dealkylation sites (tertiary alicyclic amines) is 1. The molecule has 0 saturated carbocycles. The number of ether oxygens (including phenoxy) is 1. The van der Waals surface area contributed by atoms with Crippen LogP contribution in [-0.2, 0) is 15.1 Å². The average Bonchev–Trinajstić information content (AvgIpc) is 3.37. The quantitative estimate of drug-likeness (QED) is 0.517. The molecule has 0 spiro atoms. The van der Waals surface area contributed by atoms with Crippen molar-refractivity contribution < 1.29 is 14.6 Å². The number of carbonyl (C=O) groups excluding carboxylic acids is 1. The third-order valence-electron chi connectivity index (χ3n) is 6.16. The number of aromatic nitrogens is 1. The highest BCUT2D eigenvalue weighted by atomic mass is 16.5. The number of benzene rings is 2. The van der Waals surface area contributed by atoms with Crippen LogP contribution in [0.4, 0.5) is 0 Å². The van der Waals surface area contributed by atoms with Crippen molar-refractivity contribution >= 4 is 5.97 Å². The normalized spacial score (nSPS) is 15.4. The van der Waals surface area contributed by atoms with Gasteiger partial charge in [0.05, 0.1) is 6.61 Å². The molecule has 1 aliphatic rings. The molecule has 5 heteroatoms. The molecule has 0 aliphatic carbocycles. The maximum atomic E-state index is 13.2. The zero-order valence-electron chi connectivity index (χ0n) is 18.3. The third kappa shape index (κ3) is 5.06. The molecule has 0 radical (unpaired) electrons. The first-order valence-electron chi connectivity index (χ1n) is 11.3. The van der Waals surface area contributed by atoms with Crippen molar-refractivity contribution in [1.29, 1.82) is 0 Å². The lowest BCUT2D eigenvalue weighted by molar-refractivity contribution is -0.162. The standard InChI is InChI=1S/C27H30N2O3/c30-26(27(31,23-11-3-1-4-12-23)24-13-5-2-6-14-24)32-20-16-22(21-29-18-9-10-19-29)25-15-7-8-17-28-25/h1-8,11-15,17,22,31H,9-10,16,18-21H2/t22-/m0/s1. The summed E-state index contributed by atoms with van der Waals surface area (Å²) in [5.74, 6) is -0.487. The van der Waals surface area contributed by atoms with Crippen molar-refractivity contribution in [1.82, 2.24) is 9.88 Å². The lowest BCUT2D eigenvalue weighted by Gasteiger charge is -2.28. The summed E-state index contributed by atoms with van der Waals surface area (Å²) < 4.78 is 5.70. The summed E-state index contributed by atoms with van der Waals surface area (Å²) in [5, 5.41) is 11.5. The Labute approximate surface area is 189 Å². The van der Waals surface area contributed by atoms with Crippen LogP contribution in [0, 0.1) is 0 Å². The average molecular weight is 431 g/mol. The Kier molecular flexibility index (Phi) is 7.30. The fraction of sp³-hybridized carbons (Fsp3) is 0.333. The molecule has 1 fully saturated rings. The lowest BCUT2D eigenvalue weighted by Crippen LogP contribution is -2.39.